The molecule has 0 nitrogen and oxygen atoms in total. The fourth-order valence-corrected chi connectivity index (χ4v) is 8.30. The zero-order valence-corrected chi connectivity index (χ0v) is 36.6. The first-order valence-electron chi connectivity index (χ1n) is 24.0. The summed E-state index contributed by atoms with van der Waals surface area (Å²) in [5, 5.41) is 0. The van der Waals surface area contributed by atoms with Crippen LogP contribution in [-0.2, 0) is 0 Å². The molecule has 5 aliphatic carbocycles. The molecule has 0 spiro atoms. The van der Waals surface area contributed by atoms with Gasteiger partial charge in [-0.3, -0.25) is 0 Å². The number of hydrogen-bond donors (Lipinski definition) is 0. The molecule has 0 heteroatoms. The van der Waals surface area contributed by atoms with Gasteiger partial charge in [0.05, 0.1) is 0 Å². The van der Waals surface area contributed by atoms with Crippen LogP contribution in [0.1, 0.15) is 287 Å². The first-order valence-corrected chi connectivity index (χ1v) is 24.0. The number of rotatable bonds is 0. The van der Waals surface area contributed by atoms with E-state index in [1.54, 1.807) is 0 Å². The summed E-state index contributed by atoms with van der Waals surface area (Å²) in [6.07, 6.45) is 52.1. The van der Waals surface area contributed by atoms with Crippen molar-refractivity contribution < 1.29 is 0 Å². The van der Waals surface area contributed by atoms with Crippen LogP contribution < -0.4 is 0 Å². The van der Waals surface area contributed by atoms with Gasteiger partial charge in [0, 0.05) is 0 Å². The minimum atomic E-state index is 1.02. The molecule has 5 saturated carbocycles. The molecule has 0 aromatic carbocycles. The molecule has 0 aromatic rings. The molecule has 5 fully saturated rings. The van der Waals surface area contributed by atoms with Gasteiger partial charge in [0.2, 0.25) is 0 Å². The topological polar surface area (TPSA) is 0 Å². The molecule has 0 saturated heterocycles. The predicted octanol–water partition coefficient (Wildman–Crippen LogP) is 18.9. The molecule has 0 bridgehead atoms. The van der Waals surface area contributed by atoms with E-state index in [4.69, 9.17) is 0 Å². The Morgan fingerprint density at radius 1 is 0.163 bits per heavy atom. The number of hydrogen-bond acceptors (Lipinski definition) is 0. The summed E-state index contributed by atoms with van der Waals surface area (Å²) < 4.78 is 0. The molecule has 0 atom stereocenters. The van der Waals surface area contributed by atoms with Gasteiger partial charge in [0.15, 0.2) is 0 Å². The largest absolute Gasteiger partial charge is 0.0683 e. The van der Waals surface area contributed by atoms with Crippen LogP contribution in [0.5, 0.6) is 0 Å². The molecule has 0 amide bonds. The molecule has 0 aromatic heterocycles. The van der Waals surface area contributed by atoms with Gasteiger partial charge in [0.1, 0.15) is 0 Å². The maximum atomic E-state index is 2.39. The highest BCUT2D eigenvalue weighted by Gasteiger charge is 2.07. The van der Waals surface area contributed by atoms with Crippen molar-refractivity contribution in [1.82, 2.24) is 0 Å². The summed E-state index contributed by atoms with van der Waals surface area (Å²) in [5.41, 5.74) is 0. The molecule has 5 rings (SSSR count). The molecule has 0 heterocycles. The summed E-state index contributed by atoms with van der Waals surface area (Å²) in [7, 11) is 0. The Morgan fingerprint density at radius 3 is 0.347 bits per heavy atom. The minimum absolute atomic E-state index is 1.02. The van der Waals surface area contributed by atoms with Gasteiger partial charge < -0.3 is 0 Å². The highest BCUT2D eigenvalue weighted by Crippen LogP contribution is 2.24. The van der Waals surface area contributed by atoms with Crippen molar-refractivity contribution >= 4 is 0 Å². The molecule has 49 heavy (non-hydrogen) atoms. The van der Waals surface area contributed by atoms with Crippen molar-refractivity contribution in [2.75, 3.05) is 0 Å². The Balaban J connectivity index is 0. The Morgan fingerprint density at radius 2 is 0.245 bits per heavy atom. The van der Waals surface area contributed by atoms with Crippen LogP contribution in [0.2, 0.25) is 0 Å². The molecule has 298 valence electrons. The monoisotopic (exact) mass is 691 g/mol. The van der Waals surface area contributed by atoms with Crippen LogP contribution in [0.25, 0.3) is 0 Å². The van der Waals surface area contributed by atoms with Gasteiger partial charge in [-0.25, -0.2) is 0 Å². The maximum absolute atomic E-state index is 2.39. The van der Waals surface area contributed by atoms with Gasteiger partial charge in [-0.2, -0.15) is 0 Å². The fourth-order valence-electron chi connectivity index (χ4n) is 8.30. The highest BCUT2D eigenvalue weighted by atomic mass is 14.1. The van der Waals surface area contributed by atoms with E-state index in [-0.39, 0.29) is 0 Å². The Labute approximate surface area is 315 Å². The molecule has 0 radical (unpaired) electrons. The van der Waals surface area contributed by atoms with Crippen molar-refractivity contribution in [3.8, 4) is 0 Å². The Hall–Kier alpha value is 0. The predicted molar refractivity (Wildman–Crippen MR) is 230 cm³/mol. The van der Waals surface area contributed by atoms with Crippen molar-refractivity contribution in [1.29, 1.82) is 0 Å². The molecule has 0 N–H and O–H groups in total. The second-order valence-electron chi connectivity index (χ2n) is 17.3. The van der Waals surface area contributed by atoms with Crippen LogP contribution in [0, 0.1) is 29.6 Å². The second kappa shape index (κ2) is 42.4. The van der Waals surface area contributed by atoms with Crippen LogP contribution in [0.15, 0.2) is 0 Å². The van der Waals surface area contributed by atoms with E-state index in [0.717, 1.165) is 29.6 Å². The lowest BCUT2D eigenvalue weighted by atomic mass is 9.93. The van der Waals surface area contributed by atoms with E-state index >= 15 is 0 Å². The smallest absolute Gasteiger partial charge is 0.0443 e. The lowest BCUT2D eigenvalue weighted by Crippen LogP contribution is -1.97. The normalized spacial score (nSPS) is 23.2. The quantitative estimate of drug-likeness (QED) is 0.237. The van der Waals surface area contributed by atoms with Crippen molar-refractivity contribution in [2.45, 2.75) is 287 Å². The first-order chi connectivity index (χ1) is 24.0. The van der Waals surface area contributed by atoms with Crippen LogP contribution in [0.4, 0.5) is 0 Å². The summed E-state index contributed by atoms with van der Waals surface area (Å²) in [5.74, 6) is 5.09. The van der Waals surface area contributed by atoms with Crippen LogP contribution >= 0.6 is 0 Å². The van der Waals surface area contributed by atoms with Crippen molar-refractivity contribution in [2.24, 2.45) is 29.6 Å². The molecule has 0 unspecified atom stereocenters. The first kappa shape index (κ1) is 51.1. The summed E-state index contributed by atoms with van der Waals surface area (Å²) in [4.78, 5) is 0. The summed E-state index contributed by atoms with van der Waals surface area (Å²) in [6, 6.07) is 0. The minimum Gasteiger partial charge on any atom is -0.0683 e. The summed E-state index contributed by atoms with van der Waals surface area (Å²) >= 11 is 0. The molecule has 0 aliphatic heterocycles. The third-order valence-electron chi connectivity index (χ3n) is 12.0. The van der Waals surface area contributed by atoms with Crippen LogP contribution in [0.3, 0.4) is 0 Å². The van der Waals surface area contributed by atoms with Gasteiger partial charge >= 0.3 is 0 Å². The zero-order chi connectivity index (χ0) is 36.6. The molecular formula is C49H102. The van der Waals surface area contributed by atoms with E-state index in [9.17, 15) is 0 Å². The lowest BCUT2D eigenvalue weighted by Gasteiger charge is -2.13. The van der Waals surface area contributed by atoms with E-state index in [1.165, 1.54) is 225 Å². The van der Waals surface area contributed by atoms with Gasteiger partial charge in [-0.05, 0) is 29.6 Å². The molecule has 5 aliphatic rings. The standard InChI is InChI=1S/5C9H18.2C2H6/c5*1-9-7-5-3-2-4-6-8-9;2*1-2/h5*9H,2-8H2,1H3;2*1-2H3. The molecular weight excluding hydrogens is 589 g/mol. The van der Waals surface area contributed by atoms with Gasteiger partial charge in [0.25, 0.3) is 0 Å². The van der Waals surface area contributed by atoms with E-state index < -0.39 is 0 Å². The van der Waals surface area contributed by atoms with Crippen molar-refractivity contribution in [3.63, 3.8) is 0 Å². The lowest BCUT2D eigenvalue weighted by molar-refractivity contribution is 0.404. The van der Waals surface area contributed by atoms with Gasteiger partial charge in [-0.15, -0.1) is 0 Å². The highest BCUT2D eigenvalue weighted by molar-refractivity contribution is 4.61. The third-order valence-corrected chi connectivity index (χ3v) is 12.0. The van der Waals surface area contributed by atoms with E-state index in [1.807, 2.05) is 27.7 Å². The third kappa shape index (κ3) is 40.6. The Kier molecular flexibility index (Phi) is 44.2. The Bertz CT molecular complexity index is 408. The average Bonchev–Trinajstić information content (AvgIpc) is 3.06. The van der Waals surface area contributed by atoms with E-state index in [0.29, 0.717) is 0 Å². The van der Waals surface area contributed by atoms with Gasteiger partial charge in [-0.1, -0.05) is 287 Å². The SMILES string of the molecule is CC.CC.CC1CCCCCCC1.CC1CCCCCCC1.CC1CCCCCCC1.CC1CCCCCCC1.CC1CCCCCCC1. The van der Waals surface area contributed by atoms with Crippen molar-refractivity contribution in [3.05, 3.63) is 0 Å². The maximum Gasteiger partial charge on any atom is -0.0443 e. The van der Waals surface area contributed by atoms with Crippen LogP contribution in [-0.4, -0.2) is 0 Å². The average molecular weight is 691 g/mol. The fraction of sp³-hybridized carbons (Fsp3) is 1.00. The summed E-state index contributed by atoms with van der Waals surface area (Å²) in [6.45, 7) is 20.0. The van der Waals surface area contributed by atoms with E-state index in [2.05, 4.69) is 34.6 Å². The zero-order valence-electron chi connectivity index (χ0n) is 36.6. The second-order valence-corrected chi connectivity index (χ2v) is 17.3.